The molecular formula is C35H41IrN2O2-. The summed E-state index contributed by atoms with van der Waals surface area (Å²) in [5.74, 6) is 0.547. The Morgan fingerprint density at radius 1 is 1.00 bits per heavy atom. The topological polar surface area (TPSA) is 63.1 Å². The van der Waals surface area contributed by atoms with Crippen LogP contribution in [0.2, 0.25) is 0 Å². The first kappa shape index (κ1) is 31.6. The van der Waals surface area contributed by atoms with E-state index in [4.69, 9.17) is 4.98 Å². The summed E-state index contributed by atoms with van der Waals surface area (Å²) < 4.78 is 0. The number of carbonyl (C=O) groups is 1. The molecule has 2 aromatic heterocycles. The number of allylic oxidation sites excluding steroid dienone is 2. The Labute approximate surface area is 252 Å². The smallest absolute Gasteiger partial charge is 0.162 e. The quantitative estimate of drug-likeness (QED) is 0.118. The van der Waals surface area contributed by atoms with Gasteiger partial charge >= 0.3 is 0 Å². The zero-order valence-corrected chi connectivity index (χ0v) is 27.2. The summed E-state index contributed by atoms with van der Waals surface area (Å²) in [5, 5.41) is 13.5. The van der Waals surface area contributed by atoms with Crippen molar-refractivity contribution in [3.63, 3.8) is 0 Å². The molecule has 1 aliphatic carbocycles. The Bertz CT molecular complexity index is 1530. The first-order chi connectivity index (χ1) is 18.7. The maximum absolute atomic E-state index is 11.7. The Morgan fingerprint density at radius 3 is 2.33 bits per heavy atom. The second kappa shape index (κ2) is 13.2. The van der Waals surface area contributed by atoms with Crippen LogP contribution in [0.4, 0.5) is 0 Å². The Kier molecular flexibility index (Phi) is 10.4. The van der Waals surface area contributed by atoms with E-state index < -0.39 is 0 Å². The molecule has 2 heterocycles. The maximum Gasteiger partial charge on any atom is 0.162 e. The summed E-state index contributed by atoms with van der Waals surface area (Å²) in [5.41, 5.74) is 6.95. The number of ketones is 1. The van der Waals surface area contributed by atoms with E-state index in [-0.39, 0.29) is 48.9 Å². The van der Waals surface area contributed by atoms with E-state index in [1.807, 2.05) is 52.2 Å². The average molecular weight is 714 g/mol. The van der Waals surface area contributed by atoms with Crippen molar-refractivity contribution in [2.24, 2.45) is 11.8 Å². The van der Waals surface area contributed by atoms with E-state index in [0.717, 1.165) is 42.5 Å². The molecule has 0 fully saturated rings. The van der Waals surface area contributed by atoms with Gasteiger partial charge in [-0.05, 0) is 77.7 Å². The van der Waals surface area contributed by atoms with Crippen LogP contribution in [0.1, 0.15) is 83.9 Å². The van der Waals surface area contributed by atoms with Gasteiger partial charge in [-0.15, -0.1) is 23.3 Å². The molecule has 4 nitrogen and oxygen atoms in total. The summed E-state index contributed by atoms with van der Waals surface area (Å²) in [6, 6.07) is 16.3. The zero-order valence-electron chi connectivity index (χ0n) is 24.8. The minimum absolute atomic E-state index is 0. The van der Waals surface area contributed by atoms with Crippen LogP contribution >= 0.6 is 0 Å². The molecule has 213 valence electrons. The first-order valence-electron chi connectivity index (χ1n) is 14.3. The molecule has 0 saturated carbocycles. The number of carbonyl (C=O) groups excluding carboxylic acids is 1. The first-order valence-corrected chi connectivity index (χ1v) is 14.3. The molecule has 0 spiro atoms. The summed E-state index contributed by atoms with van der Waals surface area (Å²) in [6.07, 6.45) is 8.66. The van der Waals surface area contributed by atoms with Crippen LogP contribution in [0.5, 0.6) is 0 Å². The molecule has 0 saturated heterocycles. The number of benzene rings is 2. The number of nitrogens with zero attached hydrogens (tertiary/aromatic N) is 2. The minimum Gasteiger partial charge on any atom is -0.512 e. The van der Waals surface area contributed by atoms with Crippen LogP contribution in [0.25, 0.3) is 32.9 Å². The number of pyridine rings is 2. The Hall–Kier alpha value is -2.88. The van der Waals surface area contributed by atoms with Gasteiger partial charge in [-0.3, -0.25) is 4.79 Å². The van der Waals surface area contributed by atoms with Gasteiger partial charge in [-0.25, -0.2) is 0 Å². The fourth-order valence-electron chi connectivity index (χ4n) is 5.99. The van der Waals surface area contributed by atoms with E-state index in [0.29, 0.717) is 0 Å². The normalized spacial score (nSPS) is 13.6. The van der Waals surface area contributed by atoms with Gasteiger partial charge < -0.3 is 15.1 Å². The maximum atomic E-state index is 11.7. The van der Waals surface area contributed by atoms with Gasteiger partial charge in [0.15, 0.2) is 5.78 Å². The summed E-state index contributed by atoms with van der Waals surface area (Å²) >= 11 is 0. The molecule has 0 bridgehead atoms. The van der Waals surface area contributed by atoms with Crippen molar-refractivity contribution < 1.29 is 30.0 Å². The standard InChI is InChI=1S/C22H17N2.C13H24O2.Ir/c1-13-11-14-8-10-24-21-16-6-7-18-15(5-4-9-23-18)20(16)22(2,3)17(12-13)19(14)21;1-5-10(6-2)12(14)9-13(15)11(7-3)8-4;/h4-5,7-12H,1-3H3;9-11,14H,5-8H2,1-4H3;/q-1;;/b;12-9-;. The van der Waals surface area contributed by atoms with Crippen LogP contribution in [-0.4, -0.2) is 20.9 Å². The zero-order chi connectivity index (χ0) is 28.3. The fourth-order valence-corrected chi connectivity index (χ4v) is 5.99. The van der Waals surface area contributed by atoms with Gasteiger partial charge in [0, 0.05) is 50.4 Å². The predicted molar refractivity (Wildman–Crippen MR) is 162 cm³/mol. The van der Waals surface area contributed by atoms with Gasteiger partial charge in [0.1, 0.15) is 0 Å². The summed E-state index contributed by atoms with van der Waals surface area (Å²) in [4.78, 5) is 21.0. The minimum atomic E-state index is -0.116. The van der Waals surface area contributed by atoms with Gasteiger partial charge in [0.2, 0.25) is 0 Å². The second-order valence-corrected chi connectivity index (χ2v) is 11.2. The van der Waals surface area contributed by atoms with Crippen LogP contribution in [-0.2, 0) is 30.3 Å². The number of aliphatic hydroxyl groups excluding tert-OH is 1. The molecule has 1 aliphatic rings. The van der Waals surface area contributed by atoms with Crippen molar-refractivity contribution in [3.8, 4) is 11.3 Å². The molecule has 5 heteroatoms. The van der Waals surface area contributed by atoms with E-state index in [2.05, 4.69) is 56.1 Å². The van der Waals surface area contributed by atoms with Crippen molar-refractivity contribution in [1.29, 1.82) is 0 Å². The SMILES string of the molecule is CCC(CC)C(=O)/C=C(\O)C(CC)CC.Cc1cc2c3c(nccc3c1)-c1[c-]cc3ncccc3c1C2(C)C.[Ir]. The molecule has 5 rings (SSSR count). The number of rotatable bonds is 7. The predicted octanol–water partition coefficient (Wildman–Crippen LogP) is 9.07. The van der Waals surface area contributed by atoms with Crippen molar-refractivity contribution in [2.45, 2.75) is 79.6 Å². The van der Waals surface area contributed by atoms with Gasteiger partial charge in [0.05, 0.1) is 5.76 Å². The second-order valence-electron chi connectivity index (χ2n) is 11.2. The molecule has 0 amide bonds. The van der Waals surface area contributed by atoms with Crippen molar-refractivity contribution in [1.82, 2.24) is 9.97 Å². The van der Waals surface area contributed by atoms with E-state index in [1.54, 1.807) is 0 Å². The molecular weight excluding hydrogens is 673 g/mol. The number of aryl methyl sites for hydroxylation is 1. The van der Waals surface area contributed by atoms with Crippen molar-refractivity contribution in [3.05, 3.63) is 83.4 Å². The fraction of sp³-hybridized carbons (Fsp3) is 0.400. The largest absolute Gasteiger partial charge is 0.512 e. The molecule has 1 radical (unpaired) electrons. The van der Waals surface area contributed by atoms with Crippen molar-refractivity contribution >= 4 is 27.5 Å². The Balaban J connectivity index is 0.000000243. The average Bonchev–Trinajstić information content (AvgIpc) is 2.92. The van der Waals surface area contributed by atoms with E-state index in [1.165, 1.54) is 38.9 Å². The molecule has 4 aromatic rings. The van der Waals surface area contributed by atoms with E-state index in [9.17, 15) is 9.90 Å². The van der Waals surface area contributed by atoms with Crippen LogP contribution < -0.4 is 0 Å². The molecule has 0 unspecified atom stereocenters. The molecule has 1 N–H and O–H groups in total. The number of hydrogen-bond acceptors (Lipinski definition) is 4. The van der Waals surface area contributed by atoms with Crippen molar-refractivity contribution in [2.75, 3.05) is 0 Å². The third-order valence-corrected chi connectivity index (χ3v) is 8.34. The van der Waals surface area contributed by atoms with Crippen LogP contribution in [0, 0.1) is 24.8 Å². The number of fused-ring (bicyclic) bond motifs is 4. The number of hydrogen-bond donors (Lipinski definition) is 1. The number of aliphatic hydroxyl groups is 1. The van der Waals surface area contributed by atoms with Gasteiger partial charge in [-0.2, -0.15) is 0 Å². The summed E-state index contributed by atoms with van der Waals surface area (Å²) in [7, 11) is 0. The molecule has 0 atom stereocenters. The van der Waals surface area contributed by atoms with Crippen LogP contribution in [0.3, 0.4) is 0 Å². The third kappa shape index (κ3) is 5.92. The third-order valence-electron chi connectivity index (χ3n) is 8.34. The monoisotopic (exact) mass is 714 g/mol. The van der Waals surface area contributed by atoms with E-state index >= 15 is 0 Å². The molecule has 40 heavy (non-hydrogen) atoms. The summed E-state index contributed by atoms with van der Waals surface area (Å²) in [6.45, 7) is 14.8. The van der Waals surface area contributed by atoms with Gasteiger partial charge in [-0.1, -0.05) is 70.7 Å². The molecule has 0 aliphatic heterocycles. The molecule has 2 aromatic carbocycles. The van der Waals surface area contributed by atoms with Gasteiger partial charge in [0.25, 0.3) is 0 Å². The number of aromatic nitrogens is 2. The Morgan fingerprint density at radius 2 is 1.68 bits per heavy atom. The van der Waals surface area contributed by atoms with Crippen LogP contribution in [0.15, 0.2) is 60.6 Å².